The number of fused-ring (bicyclic) bond motifs is 4. The highest BCUT2D eigenvalue weighted by atomic mass is 15.2. The Morgan fingerprint density at radius 3 is 1.92 bits per heavy atom. The second kappa shape index (κ2) is 7.52. The highest BCUT2D eigenvalue weighted by Crippen LogP contribution is 2.43. The second-order valence-corrected chi connectivity index (χ2v) is 12.1. The number of aromatic amines is 2. The molecule has 0 unspecified atom stereocenters. The third-order valence-corrected chi connectivity index (χ3v) is 8.71. The quantitative estimate of drug-likeness (QED) is 0.261. The summed E-state index contributed by atoms with van der Waals surface area (Å²) in [5.41, 5.74) is 9.32. The monoisotopic (exact) mass is 475 g/mol. The van der Waals surface area contributed by atoms with Gasteiger partial charge in [-0.3, -0.25) is 10.2 Å². The van der Waals surface area contributed by atoms with Crippen LogP contribution in [0, 0.1) is 0 Å². The normalized spacial score (nSPS) is 18.3. The van der Waals surface area contributed by atoms with Gasteiger partial charge in [0.15, 0.2) is 0 Å². The molecule has 2 aromatic carbocycles. The summed E-state index contributed by atoms with van der Waals surface area (Å²) in [5.74, 6) is 0. The summed E-state index contributed by atoms with van der Waals surface area (Å²) < 4.78 is 0. The molecule has 0 spiro atoms. The van der Waals surface area contributed by atoms with E-state index in [1.54, 1.807) is 0 Å². The molecule has 5 aromatic rings. The molecule has 36 heavy (non-hydrogen) atoms. The van der Waals surface area contributed by atoms with Crippen molar-refractivity contribution in [2.75, 3.05) is 0 Å². The zero-order valence-corrected chi connectivity index (χ0v) is 21.6. The third kappa shape index (κ3) is 3.18. The van der Waals surface area contributed by atoms with E-state index >= 15 is 0 Å². The van der Waals surface area contributed by atoms with Crippen LogP contribution in [0.15, 0.2) is 42.5 Å². The Morgan fingerprint density at radius 2 is 1.25 bits per heavy atom. The van der Waals surface area contributed by atoms with Crippen molar-refractivity contribution in [2.24, 2.45) is 0 Å². The van der Waals surface area contributed by atoms with E-state index < -0.39 is 0 Å². The van der Waals surface area contributed by atoms with Gasteiger partial charge in [0.05, 0.1) is 11.4 Å². The molecule has 0 radical (unpaired) electrons. The molecule has 5 heteroatoms. The van der Waals surface area contributed by atoms with Crippen LogP contribution in [0.4, 0.5) is 0 Å². The molecule has 7 rings (SSSR count). The summed E-state index contributed by atoms with van der Waals surface area (Å²) >= 11 is 0. The molecule has 5 nitrogen and oxygen atoms in total. The predicted molar refractivity (Wildman–Crippen MR) is 146 cm³/mol. The number of nitrogens with zero attached hydrogens (tertiary/aromatic N) is 3. The highest BCUT2D eigenvalue weighted by molar-refractivity contribution is 6.05. The smallest absolute Gasteiger partial charge is 0.115 e. The Bertz CT molecular complexity index is 1650. The van der Waals surface area contributed by atoms with Crippen molar-refractivity contribution in [3.8, 4) is 22.8 Å². The summed E-state index contributed by atoms with van der Waals surface area (Å²) in [6.07, 6.45) is 6.80. The number of aromatic nitrogens is 5. The van der Waals surface area contributed by atoms with Gasteiger partial charge in [0.1, 0.15) is 11.4 Å². The molecule has 2 aliphatic carbocycles. The Labute approximate surface area is 211 Å². The first-order chi connectivity index (χ1) is 17.3. The Kier molecular flexibility index (Phi) is 4.55. The fourth-order valence-corrected chi connectivity index (χ4v) is 6.65. The largest absolute Gasteiger partial charge is 0.281 e. The Morgan fingerprint density at radius 1 is 0.667 bits per heavy atom. The molecule has 0 amide bonds. The zero-order chi connectivity index (χ0) is 24.7. The van der Waals surface area contributed by atoms with Gasteiger partial charge in [-0.05, 0) is 72.9 Å². The van der Waals surface area contributed by atoms with Gasteiger partial charge in [-0.2, -0.15) is 10.2 Å². The van der Waals surface area contributed by atoms with E-state index in [4.69, 9.17) is 15.2 Å². The van der Waals surface area contributed by atoms with Crippen molar-refractivity contribution in [3.05, 3.63) is 65.0 Å². The molecule has 2 N–H and O–H groups in total. The van der Waals surface area contributed by atoms with Crippen molar-refractivity contribution in [1.29, 1.82) is 0 Å². The van der Waals surface area contributed by atoms with Crippen LogP contribution in [0.1, 0.15) is 75.9 Å². The van der Waals surface area contributed by atoms with E-state index in [9.17, 15) is 0 Å². The van der Waals surface area contributed by atoms with E-state index in [2.05, 4.69) is 80.4 Å². The summed E-state index contributed by atoms with van der Waals surface area (Å²) in [6, 6.07) is 15.4. The number of nitrogens with one attached hydrogen (secondary N) is 2. The van der Waals surface area contributed by atoms with Crippen molar-refractivity contribution >= 4 is 21.5 Å². The summed E-state index contributed by atoms with van der Waals surface area (Å²) in [5, 5.41) is 21.4. The van der Waals surface area contributed by atoms with E-state index in [1.807, 2.05) is 0 Å². The van der Waals surface area contributed by atoms with Crippen LogP contribution in [-0.4, -0.2) is 25.4 Å². The highest BCUT2D eigenvalue weighted by Gasteiger charge is 2.34. The fourth-order valence-electron chi connectivity index (χ4n) is 6.65. The first kappa shape index (κ1) is 21.8. The SMILES string of the molecule is CC1(C)CCCc2c(-c3cc4cc5ccccc5cc4c(-c4n[nH]c5c4CCCC5(C)C)n3)n[nH]c21. The van der Waals surface area contributed by atoms with Gasteiger partial charge >= 0.3 is 0 Å². The minimum Gasteiger partial charge on any atom is -0.281 e. The average Bonchev–Trinajstić information content (AvgIpc) is 3.48. The minimum atomic E-state index is 0.103. The van der Waals surface area contributed by atoms with Crippen LogP contribution in [0.3, 0.4) is 0 Å². The molecule has 3 heterocycles. The minimum absolute atomic E-state index is 0.103. The van der Waals surface area contributed by atoms with Gasteiger partial charge in [-0.15, -0.1) is 0 Å². The van der Waals surface area contributed by atoms with Crippen LogP contribution >= 0.6 is 0 Å². The molecule has 0 atom stereocenters. The summed E-state index contributed by atoms with van der Waals surface area (Å²) in [7, 11) is 0. The zero-order valence-electron chi connectivity index (χ0n) is 21.6. The van der Waals surface area contributed by atoms with Crippen molar-refractivity contribution in [3.63, 3.8) is 0 Å². The van der Waals surface area contributed by atoms with E-state index in [-0.39, 0.29) is 10.8 Å². The molecule has 0 saturated carbocycles. The van der Waals surface area contributed by atoms with Crippen LogP contribution in [0.5, 0.6) is 0 Å². The molecule has 0 fully saturated rings. The maximum Gasteiger partial charge on any atom is 0.115 e. The standard InChI is InChI=1S/C31H33N5/c1-30(2)13-7-11-21-25(33-35-28(21)30)24-17-20-15-18-9-5-6-10-19(18)16-23(20)26(32-24)27-22-12-8-14-31(3,4)29(22)36-34-27/h5-6,9-10,15-17H,7-8,11-14H2,1-4H3,(H,33,35)(H,34,36). The summed E-state index contributed by atoms with van der Waals surface area (Å²) in [4.78, 5) is 5.34. The van der Waals surface area contributed by atoms with Crippen LogP contribution in [0.25, 0.3) is 44.3 Å². The Balaban J connectivity index is 1.52. The average molecular weight is 476 g/mol. The first-order valence-corrected chi connectivity index (χ1v) is 13.3. The van der Waals surface area contributed by atoms with Crippen molar-refractivity contribution in [1.82, 2.24) is 25.4 Å². The third-order valence-electron chi connectivity index (χ3n) is 8.71. The van der Waals surface area contributed by atoms with Crippen LogP contribution < -0.4 is 0 Å². The molecular formula is C31H33N5. The maximum atomic E-state index is 5.34. The molecular weight excluding hydrogens is 442 g/mol. The van der Waals surface area contributed by atoms with Crippen LogP contribution in [0.2, 0.25) is 0 Å². The maximum absolute atomic E-state index is 5.34. The lowest BCUT2D eigenvalue weighted by Gasteiger charge is -2.29. The van der Waals surface area contributed by atoms with Crippen molar-refractivity contribution < 1.29 is 0 Å². The molecule has 0 bridgehead atoms. The molecule has 3 aromatic heterocycles. The Hall–Kier alpha value is -3.47. The van der Waals surface area contributed by atoms with Gasteiger partial charge in [0, 0.05) is 38.7 Å². The number of hydrogen-bond acceptors (Lipinski definition) is 3. The number of hydrogen-bond donors (Lipinski definition) is 2. The lowest BCUT2D eigenvalue weighted by molar-refractivity contribution is 0.420. The van der Waals surface area contributed by atoms with Gasteiger partial charge in [0.2, 0.25) is 0 Å². The number of benzene rings is 2. The molecule has 2 aliphatic rings. The van der Waals surface area contributed by atoms with Gasteiger partial charge < -0.3 is 0 Å². The van der Waals surface area contributed by atoms with Crippen LogP contribution in [-0.2, 0) is 23.7 Å². The second-order valence-electron chi connectivity index (χ2n) is 12.1. The first-order valence-electron chi connectivity index (χ1n) is 13.3. The van der Waals surface area contributed by atoms with E-state index in [1.165, 1.54) is 64.4 Å². The van der Waals surface area contributed by atoms with E-state index in [0.29, 0.717) is 0 Å². The van der Waals surface area contributed by atoms with Gasteiger partial charge in [0.25, 0.3) is 0 Å². The number of rotatable bonds is 2. The molecule has 182 valence electrons. The summed E-state index contributed by atoms with van der Waals surface area (Å²) in [6.45, 7) is 9.27. The lowest BCUT2D eigenvalue weighted by atomic mass is 9.75. The fraction of sp³-hybridized carbons (Fsp3) is 0.387. The van der Waals surface area contributed by atoms with E-state index in [0.717, 1.165) is 41.0 Å². The lowest BCUT2D eigenvalue weighted by Crippen LogP contribution is -2.23. The predicted octanol–water partition coefficient (Wildman–Crippen LogP) is 7.40. The van der Waals surface area contributed by atoms with Crippen molar-refractivity contribution in [2.45, 2.75) is 77.0 Å². The number of pyridine rings is 1. The van der Waals surface area contributed by atoms with Gasteiger partial charge in [-0.1, -0.05) is 52.0 Å². The van der Waals surface area contributed by atoms with Gasteiger partial charge in [-0.25, -0.2) is 4.98 Å². The topological polar surface area (TPSA) is 70.2 Å². The molecule has 0 saturated heterocycles. The molecule has 0 aliphatic heterocycles. The number of H-pyrrole nitrogens is 2.